The molecular weight excluding hydrogens is 294 g/mol. The molecule has 2 aromatic heterocycles. The van der Waals surface area contributed by atoms with E-state index in [9.17, 15) is 4.79 Å². The summed E-state index contributed by atoms with van der Waals surface area (Å²) in [6.45, 7) is 0.627. The van der Waals surface area contributed by atoms with Gasteiger partial charge >= 0.3 is 0 Å². The largest absolute Gasteiger partial charge is 0.371 e. The highest BCUT2D eigenvalue weighted by molar-refractivity contribution is 5.94. The molecule has 1 fully saturated rings. The molecule has 0 aliphatic carbocycles. The molecule has 7 nitrogen and oxygen atoms in total. The minimum absolute atomic E-state index is 0.0553. The summed E-state index contributed by atoms with van der Waals surface area (Å²) in [5.74, 6) is 0.686. The SMILES string of the molecule is CN(C)c1ccc(C(=O)N[C@H]2CCO[C@@H]2c2cnn(C)c2)cn1. The number of carbonyl (C=O) groups is 1. The fourth-order valence-corrected chi connectivity index (χ4v) is 2.69. The zero-order chi connectivity index (χ0) is 16.4. The smallest absolute Gasteiger partial charge is 0.253 e. The quantitative estimate of drug-likeness (QED) is 0.916. The average Bonchev–Trinajstić information content (AvgIpc) is 3.16. The van der Waals surface area contributed by atoms with E-state index in [2.05, 4.69) is 15.4 Å². The summed E-state index contributed by atoms with van der Waals surface area (Å²) in [6, 6.07) is 3.56. The van der Waals surface area contributed by atoms with Gasteiger partial charge < -0.3 is 15.0 Å². The molecule has 1 saturated heterocycles. The third-order valence-corrected chi connectivity index (χ3v) is 3.93. The second kappa shape index (κ2) is 6.37. The van der Waals surface area contributed by atoms with Crippen molar-refractivity contribution in [2.24, 2.45) is 7.05 Å². The van der Waals surface area contributed by atoms with Gasteiger partial charge in [-0.15, -0.1) is 0 Å². The standard InChI is InChI=1S/C16H21N5O2/c1-20(2)14-5-4-11(8-17-14)16(22)19-13-6-7-23-15(13)12-9-18-21(3)10-12/h4-5,8-10,13,15H,6-7H2,1-3H3,(H,19,22)/t13-,15+/m0/s1. The molecule has 1 amide bonds. The summed E-state index contributed by atoms with van der Waals surface area (Å²) < 4.78 is 7.50. The van der Waals surface area contributed by atoms with Crippen molar-refractivity contribution in [3.05, 3.63) is 41.9 Å². The van der Waals surface area contributed by atoms with Crippen LogP contribution in [-0.4, -0.2) is 47.4 Å². The van der Waals surface area contributed by atoms with Gasteiger partial charge in [-0.2, -0.15) is 5.10 Å². The second-order valence-corrected chi connectivity index (χ2v) is 5.91. The number of aryl methyl sites for hydroxylation is 1. The van der Waals surface area contributed by atoms with E-state index in [-0.39, 0.29) is 18.1 Å². The lowest BCUT2D eigenvalue weighted by Crippen LogP contribution is -2.36. The summed E-state index contributed by atoms with van der Waals surface area (Å²) in [4.78, 5) is 18.6. The van der Waals surface area contributed by atoms with Crippen LogP contribution in [0.25, 0.3) is 0 Å². The number of amides is 1. The van der Waals surface area contributed by atoms with Crippen molar-refractivity contribution >= 4 is 11.7 Å². The zero-order valence-electron chi connectivity index (χ0n) is 13.6. The molecule has 1 N–H and O–H groups in total. The van der Waals surface area contributed by atoms with Gasteiger partial charge in [-0.05, 0) is 18.6 Å². The van der Waals surface area contributed by atoms with E-state index >= 15 is 0 Å². The molecule has 0 aromatic carbocycles. The topological polar surface area (TPSA) is 72.3 Å². The number of aromatic nitrogens is 3. The number of hydrogen-bond donors (Lipinski definition) is 1. The molecule has 0 saturated carbocycles. The summed E-state index contributed by atoms with van der Waals surface area (Å²) in [6.07, 6.45) is 5.93. The molecule has 7 heteroatoms. The maximum atomic E-state index is 12.4. The fourth-order valence-electron chi connectivity index (χ4n) is 2.69. The number of nitrogens with zero attached hydrogens (tertiary/aromatic N) is 4. The third-order valence-electron chi connectivity index (χ3n) is 3.93. The number of anilines is 1. The molecule has 2 atom stereocenters. The maximum absolute atomic E-state index is 12.4. The molecule has 0 unspecified atom stereocenters. The summed E-state index contributed by atoms with van der Waals surface area (Å²) in [7, 11) is 5.69. The second-order valence-electron chi connectivity index (χ2n) is 5.91. The van der Waals surface area contributed by atoms with Gasteiger partial charge in [-0.1, -0.05) is 0 Å². The van der Waals surface area contributed by atoms with Crippen LogP contribution in [0.1, 0.15) is 28.4 Å². The van der Waals surface area contributed by atoms with Crippen LogP contribution in [0, 0.1) is 0 Å². The van der Waals surface area contributed by atoms with Crippen LogP contribution in [0.2, 0.25) is 0 Å². The van der Waals surface area contributed by atoms with Crippen molar-refractivity contribution in [2.75, 3.05) is 25.6 Å². The maximum Gasteiger partial charge on any atom is 0.253 e. The fraction of sp³-hybridized carbons (Fsp3) is 0.438. The van der Waals surface area contributed by atoms with E-state index in [0.717, 1.165) is 17.8 Å². The Labute approximate surface area is 135 Å². The molecule has 3 heterocycles. The number of hydrogen-bond acceptors (Lipinski definition) is 5. The van der Waals surface area contributed by atoms with Crippen molar-refractivity contribution in [1.29, 1.82) is 0 Å². The molecule has 1 aliphatic rings. The molecule has 3 rings (SSSR count). The normalized spacial score (nSPS) is 20.5. The molecule has 1 aliphatic heterocycles. The number of pyridine rings is 1. The van der Waals surface area contributed by atoms with E-state index < -0.39 is 0 Å². The first-order chi connectivity index (χ1) is 11.0. The van der Waals surface area contributed by atoms with E-state index in [4.69, 9.17) is 4.74 Å². The van der Waals surface area contributed by atoms with E-state index in [1.165, 1.54) is 0 Å². The predicted molar refractivity (Wildman–Crippen MR) is 86.3 cm³/mol. The van der Waals surface area contributed by atoms with Gasteiger partial charge in [0.25, 0.3) is 5.91 Å². The van der Waals surface area contributed by atoms with Crippen LogP contribution in [0.4, 0.5) is 5.82 Å². The van der Waals surface area contributed by atoms with Crippen LogP contribution in [0.15, 0.2) is 30.7 Å². The van der Waals surface area contributed by atoms with E-state index in [0.29, 0.717) is 12.2 Å². The van der Waals surface area contributed by atoms with Gasteiger partial charge in [-0.25, -0.2) is 4.98 Å². The van der Waals surface area contributed by atoms with Crippen molar-refractivity contribution in [3.63, 3.8) is 0 Å². The molecule has 0 bridgehead atoms. The Hall–Kier alpha value is -2.41. The Morgan fingerprint density at radius 2 is 2.22 bits per heavy atom. The first-order valence-electron chi connectivity index (χ1n) is 7.59. The minimum atomic E-state index is -0.151. The van der Waals surface area contributed by atoms with Crippen LogP contribution >= 0.6 is 0 Å². The Kier molecular flexibility index (Phi) is 4.29. The van der Waals surface area contributed by atoms with Crippen molar-refractivity contribution in [3.8, 4) is 0 Å². The predicted octanol–water partition coefficient (Wildman–Crippen LogP) is 1.14. The minimum Gasteiger partial charge on any atom is -0.371 e. The van der Waals surface area contributed by atoms with Crippen LogP contribution < -0.4 is 10.2 Å². The molecular formula is C16H21N5O2. The number of carbonyl (C=O) groups excluding carboxylic acids is 1. The van der Waals surface area contributed by atoms with E-state index in [1.807, 2.05) is 38.3 Å². The number of rotatable bonds is 4. The van der Waals surface area contributed by atoms with Crippen molar-refractivity contribution in [2.45, 2.75) is 18.6 Å². The lowest BCUT2D eigenvalue weighted by Gasteiger charge is -2.19. The van der Waals surface area contributed by atoms with Gasteiger partial charge in [-0.3, -0.25) is 9.48 Å². The van der Waals surface area contributed by atoms with Gasteiger partial charge in [0.1, 0.15) is 11.9 Å². The highest BCUT2D eigenvalue weighted by Gasteiger charge is 2.32. The summed E-state index contributed by atoms with van der Waals surface area (Å²) in [5, 5.41) is 7.22. The highest BCUT2D eigenvalue weighted by atomic mass is 16.5. The summed E-state index contributed by atoms with van der Waals surface area (Å²) in [5.41, 5.74) is 1.53. The van der Waals surface area contributed by atoms with Crippen molar-refractivity contribution < 1.29 is 9.53 Å². The highest BCUT2D eigenvalue weighted by Crippen LogP contribution is 2.29. The van der Waals surface area contributed by atoms with Gasteiger partial charge in [0.15, 0.2) is 0 Å². The number of nitrogens with one attached hydrogen (secondary N) is 1. The Bertz CT molecular complexity index is 680. The van der Waals surface area contributed by atoms with E-state index in [1.54, 1.807) is 23.1 Å². The van der Waals surface area contributed by atoms with Gasteiger partial charge in [0.05, 0.1) is 17.8 Å². The van der Waals surface area contributed by atoms with Crippen molar-refractivity contribution in [1.82, 2.24) is 20.1 Å². The van der Waals surface area contributed by atoms with Gasteiger partial charge in [0.2, 0.25) is 0 Å². The monoisotopic (exact) mass is 315 g/mol. The molecule has 0 radical (unpaired) electrons. The Balaban J connectivity index is 1.69. The molecule has 122 valence electrons. The first kappa shape index (κ1) is 15.5. The Morgan fingerprint density at radius 3 is 2.83 bits per heavy atom. The molecule has 2 aromatic rings. The lowest BCUT2D eigenvalue weighted by atomic mass is 10.1. The first-order valence-corrected chi connectivity index (χ1v) is 7.59. The Morgan fingerprint density at radius 1 is 1.39 bits per heavy atom. The number of ether oxygens (including phenoxy) is 1. The molecule has 23 heavy (non-hydrogen) atoms. The molecule has 0 spiro atoms. The van der Waals surface area contributed by atoms with Gasteiger partial charge in [0, 0.05) is 45.7 Å². The van der Waals surface area contributed by atoms with Crippen LogP contribution in [-0.2, 0) is 11.8 Å². The van der Waals surface area contributed by atoms with Crippen LogP contribution in [0.3, 0.4) is 0 Å². The third kappa shape index (κ3) is 3.34. The average molecular weight is 315 g/mol. The van der Waals surface area contributed by atoms with Crippen LogP contribution in [0.5, 0.6) is 0 Å². The summed E-state index contributed by atoms with van der Waals surface area (Å²) >= 11 is 0. The lowest BCUT2D eigenvalue weighted by molar-refractivity contribution is 0.0821. The zero-order valence-corrected chi connectivity index (χ0v) is 13.6.